The number of carboxylic acid groups (broad SMARTS) is 1. The van der Waals surface area contributed by atoms with Gasteiger partial charge in [-0.1, -0.05) is 20.8 Å². The molecule has 0 amide bonds. The van der Waals surface area contributed by atoms with E-state index in [0.29, 0.717) is 0 Å². The maximum atomic E-state index is 11.0. The van der Waals surface area contributed by atoms with Crippen molar-refractivity contribution in [2.24, 2.45) is 0 Å². The number of benzene rings is 1. The van der Waals surface area contributed by atoms with Crippen molar-refractivity contribution in [1.82, 2.24) is 0 Å². The summed E-state index contributed by atoms with van der Waals surface area (Å²) in [6.45, 7) is 4.76. The fourth-order valence-electron chi connectivity index (χ4n) is 1.79. The topological polar surface area (TPSA) is 124 Å². The van der Waals surface area contributed by atoms with Gasteiger partial charge in [0.05, 0.1) is 15.4 Å². The summed E-state index contributed by atoms with van der Waals surface area (Å²) in [5.41, 5.74) is -2.54. The number of nitrogens with zero attached hydrogens (tertiary/aromatic N) is 2. The zero-order valence-electron chi connectivity index (χ0n) is 10.8. The molecule has 111 valence electrons. The van der Waals surface area contributed by atoms with Gasteiger partial charge in [-0.05, 0) is 0 Å². The standard InChI is InChI=1S/C11H12N2O6.Cu/c1-11(2,3)9-7(12(16)17)4-6(10(14)15)5-8(9)13(18)19;/h4-5H,1-3H3,(H,14,15);/q;+2. The van der Waals surface area contributed by atoms with Crippen LogP contribution in [0.25, 0.3) is 0 Å². The molecular formula is C11H12CuN2O6+2. The summed E-state index contributed by atoms with van der Waals surface area (Å²) in [5.74, 6) is -1.45. The summed E-state index contributed by atoms with van der Waals surface area (Å²) in [7, 11) is 0. The molecule has 0 heterocycles. The summed E-state index contributed by atoms with van der Waals surface area (Å²) in [4.78, 5) is 31.3. The maximum Gasteiger partial charge on any atom is 2.00 e. The number of carboxylic acids is 1. The second-order valence-electron chi connectivity index (χ2n) is 4.96. The number of hydrogen-bond donors (Lipinski definition) is 1. The quantitative estimate of drug-likeness (QED) is 0.515. The molecule has 1 radical (unpaired) electrons. The van der Waals surface area contributed by atoms with Crippen LogP contribution in [-0.4, -0.2) is 20.9 Å². The smallest absolute Gasteiger partial charge is 0.478 e. The van der Waals surface area contributed by atoms with E-state index in [4.69, 9.17) is 5.11 Å². The normalized spacial score (nSPS) is 10.6. The molecule has 9 heteroatoms. The van der Waals surface area contributed by atoms with Crippen molar-refractivity contribution in [3.8, 4) is 0 Å². The zero-order valence-corrected chi connectivity index (χ0v) is 11.8. The third kappa shape index (κ3) is 3.52. The van der Waals surface area contributed by atoms with Crippen molar-refractivity contribution >= 4 is 17.3 Å². The number of rotatable bonds is 3. The first-order valence-electron chi connectivity index (χ1n) is 5.26. The van der Waals surface area contributed by atoms with Crippen LogP contribution in [-0.2, 0) is 22.5 Å². The van der Waals surface area contributed by atoms with Crippen LogP contribution in [0.3, 0.4) is 0 Å². The van der Waals surface area contributed by atoms with E-state index < -0.39 is 38.2 Å². The Morgan fingerprint density at radius 2 is 1.45 bits per heavy atom. The molecule has 0 saturated heterocycles. The molecule has 0 fully saturated rings. The molecule has 0 aliphatic heterocycles. The molecule has 0 bridgehead atoms. The summed E-state index contributed by atoms with van der Waals surface area (Å²) in [5, 5.41) is 30.9. The second-order valence-corrected chi connectivity index (χ2v) is 4.96. The van der Waals surface area contributed by atoms with Crippen LogP contribution < -0.4 is 0 Å². The third-order valence-electron chi connectivity index (χ3n) is 2.49. The molecule has 0 spiro atoms. The van der Waals surface area contributed by atoms with Gasteiger partial charge in [0, 0.05) is 17.5 Å². The molecule has 20 heavy (non-hydrogen) atoms. The van der Waals surface area contributed by atoms with Crippen LogP contribution in [0.4, 0.5) is 11.4 Å². The van der Waals surface area contributed by atoms with Gasteiger partial charge < -0.3 is 5.11 Å². The molecule has 8 nitrogen and oxygen atoms in total. The molecule has 1 aromatic rings. The van der Waals surface area contributed by atoms with Gasteiger partial charge in [-0.25, -0.2) is 4.79 Å². The Morgan fingerprint density at radius 1 is 1.10 bits per heavy atom. The second kappa shape index (κ2) is 5.98. The average Bonchev–Trinajstić information content (AvgIpc) is 2.25. The molecule has 0 unspecified atom stereocenters. The first kappa shape index (κ1) is 18.0. The summed E-state index contributed by atoms with van der Waals surface area (Å²) >= 11 is 0. The van der Waals surface area contributed by atoms with Crippen molar-refractivity contribution in [3.05, 3.63) is 43.5 Å². The van der Waals surface area contributed by atoms with E-state index >= 15 is 0 Å². The van der Waals surface area contributed by atoms with E-state index in [1.54, 1.807) is 20.8 Å². The van der Waals surface area contributed by atoms with Gasteiger partial charge in [0.1, 0.15) is 5.56 Å². The van der Waals surface area contributed by atoms with Crippen molar-refractivity contribution in [1.29, 1.82) is 0 Å². The Morgan fingerprint density at radius 3 is 1.65 bits per heavy atom. The van der Waals surface area contributed by atoms with Gasteiger partial charge in [-0.3, -0.25) is 20.2 Å². The molecule has 1 aromatic carbocycles. The minimum absolute atomic E-state index is 0. The van der Waals surface area contributed by atoms with Crippen molar-refractivity contribution in [2.45, 2.75) is 26.2 Å². The van der Waals surface area contributed by atoms with Crippen LogP contribution in [0.5, 0.6) is 0 Å². The van der Waals surface area contributed by atoms with Gasteiger partial charge in [0.15, 0.2) is 0 Å². The molecule has 0 saturated carbocycles. The molecule has 1 N–H and O–H groups in total. The van der Waals surface area contributed by atoms with Gasteiger partial charge in [0.2, 0.25) is 0 Å². The van der Waals surface area contributed by atoms with Gasteiger partial charge in [0.25, 0.3) is 11.4 Å². The number of carbonyl (C=O) groups is 1. The van der Waals surface area contributed by atoms with E-state index in [0.717, 1.165) is 12.1 Å². The number of aromatic carboxylic acids is 1. The SMILES string of the molecule is CC(C)(C)c1c([N+](=O)[O-])cc(C(=O)O)cc1[N+](=O)[O-].[Cu+2]. The monoisotopic (exact) mass is 331 g/mol. The van der Waals surface area contributed by atoms with Crippen LogP contribution in [0.2, 0.25) is 0 Å². The first-order valence-corrected chi connectivity index (χ1v) is 5.26. The minimum atomic E-state index is -1.45. The zero-order chi connectivity index (χ0) is 15.0. The van der Waals surface area contributed by atoms with E-state index in [-0.39, 0.29) is 22.6 Å². The fourth-order valence-corrected chi connectivity index (χ4v) is 1.79. The van der Waals surface area contributed by atoms with Crippen molar-refractivity contribution in [2.75, 3.05) is 0 Å². The first-order chi connectivity index (χ1) is 8.55. The van der Waals surface area contributed by atoms with Crippen molar-refractivity contribution in [3.63, 3.8) is 0 Å². The maximum absolute atomic E-state index is 11.0. The van der Waals surface area contributed by atoms with Crippen LogP contribution >= 0.6 is 0 Å². The summed E-state index contributed by atoms with van der Waals surface area (Å²) < 4.78 is 0. The van der Waals surface area contributed by atoms with Crippen LogP contribution in [0.15, 0.2) is 12.1 Å². The van der Waals surface area contributed by atoms with E-state index in [2.05, 4.69) is 0 Å². The van der Waals surface area contributed by atoms with Crippen LogP contribution in [0.1, 0.15) is 36.7 Å². The van der Waals surface area contributed by atoms with Gasteiger partial charge in [-0.15, -0.1) is 0 Å². The molecule has 0 atom stereocenters. The molecule has 0 aliphatic carbocycles. The Balaban J connectivity index is 0.00000361. The summed E-state index contributed by atoms with van der Waals surface area (Å²) in [6.07, 6.45) is 0. The molecule has 1 rings (SSSR count). The molecular weight excluding hydrogens is 320 g/mol. The van der Waals surface area contributed by atoms with E-state index in [1.165, 1.54) is 0 Å². The Hall–Kier alpha value is -1.99. The van der Waals surface area contributed by atoms with Crippen LogP contribution in [0, 0.1) is 20.2 Å². The summed E-state index contributed by atoms with van der Waals surface area (Å²) in [6, 6.07) is 1.69. The van der Waals surface area contributed by atoms with Gasteiger partial charge in [-0.2, -0.15) is 0 Å². The predicted octanol–water partition coefficient (Wildman–Crippen LogP) is 2.50. The predicted molar refractivity (Wildman–Crippen MR) is 65.4 cm³/mol. The fraction of sp³-hybridized carbons (Fsp3) is 0.364. The molecule has 0 aromatic heterocycles. The third-order valence-corrected chi connectivity index (χ3v) is 2.49. The number of nitro benzene ring substituents is 2. The number of hydrogen-bond acceptors (Lipinski definition) is 5. The minimum Gasteiger partial charge on any atom is -0.478 e. The van der Waals surface area contributed by atoms with Crippen molar-refractivity contribution < 1.29 is 36.8 Å². The molecule has 0 aliphatic rings. The Kier molecular flexibility index (Phi) is 5.38. The van der Waals surface area contributed by atoms with Gasteiger partial charge >= 0.3 is 23.0 Å². The van der Waals surface area contributed by atoms with E-state index in [9.17, 15) is 25.0 Å². The number of nitro groups is 2. The largest absolute Gasteiger partial charge is 2.00 e. The Labute approximate surface area is 124 Å². The Bertz CT molecular complexity index is 544. The average molecular weight is 332 g/mol. The van der Waals surface area contributed by atoms with E-state index in [1.807, 2.05) is 0 Å².